The number of hydrogen-bond acceptors (Lipinski definition) is 2. The van der Waals surface area contributed by atoms with Crippen molar-refractivity contribution < 1.29 is 0 Å². The lowest BCUT2D eigenvalue weighted by Gasteiger charge is -2.13. The Morgan fingerprint density at radius 1 is 1.27 bits per heavy atom. The second kappa shape index (κ2) is 6.41. The lowest BCUT2D eigenvalue weighted by Crippen LogP contribution is -2.12. The third kappa shape index (κ3) is 2.95. The molecule has 1 aromatic heterocycles. The van der Waals surface area contributed by atoms with Gasteiger partial charge in [-0.25, -0.2) is 0 Å². The summed E-state index contributed by atoms with van der Waals surface area (Å²) in [6.45, 7) is 2.13. The van der Waals surface area contributed by atoms with Crippen LogP contribution in [0.25, 0.3) is 5.57 Å². The van der Waals surface area contributed by atoms with Crippen LogP contribution in [0.5, 0.6) is 0 Å². The van der Waals surface area contributed by atoms with Crippen LogP contribution in [-0.2, 0) is 13.0 Å². The van der Waals surface area contributed by atoms with Crippen molar-refractivity contribution in [3.63, 3.8) is 0 Å². The number of hydrogen-bond donors (Lipinski definition) is 1. The van der Waals surface area contributed by atoms with E-state index in [1.54, 1.807) is 0 Å². The first-order chi connectivity index (χ1) is 10.7. The normalized spacial score (nSPS) is 15.5. The molecule has 116 valence electrons. The van der Waals surface area contributed by atoms with Crippen molar-refractivity contribution in [1.29, 1.82) is 0 Å². The number of benzene rings is 1. The van der Waals surface area contributed by atoms with E-state index in [-0.39, 0.29) is 0 Å². The van der Waals surface area contributed by atoms with Gasteiger partial charge in [-0.15, -0.1) is 0 Å². The number of fused-ring (bicyclic) bond motifs is 2. The summed E-state index contributed by atoms with van der Waals surface area (Å²) in [7, 11) is 6.24. The molecule has 0 bridgehead atoms. The molecule has 0 saturated carbocycles. The number of aromatic nitrogens is 1. The van der Waals surface area contributed by atoms with E-state index in [1.807, 2.05) is 7.05 Å². The molecular weight excluding hydrogens is 270 g/mol. The molecule has 3 rings (SSSR count). The Balaban J connectivity index is 2.06. The van der Waals surface area contributed by atoms with Crippen molar-refractivity contribution >= 4 is 11.3 Å². The Kier molecular flexibility index (Phi) is 4.34. The molecule has 1 N–H and O–H groups in total. The molecule has 2 aromatic rings. The van der Waals surface area contributed by atoms with E-state index < -0.39 is 0 Å². The van der Waals surface area contributed by atoms with E-state index in [4.69, 9.17) is 0 Å². The molecule has 3 heteroatoms. The van der Waals surface area contributed by atoms with Gasteiger partial charge in [0.05, 0.1) is 0 Å². The number of anilines is 1. The van der Waals surface area contributed by atoms with Crippen LogP contribution < -0.4 is 5.32 Å². The zero-order valence-corrected chi connectivity index (χ0v) is 13.8. The number of nitrogens with one attached hydrogen (secondary N) is 1. The van der Waals surface area contributed by atoms with Gasteiger partial charge in [0.25, 0.3) is 0 Å². The second-order valence-corrected chi connectivity index (χ2v) is 6.17. The van der Waals surface area contributed by atoms with Crippen LogP contribution in [-0.4, -0.2) is 37.2 Å². The minimum Gasteiger partial charge on any atom is -0.388 e. The fraction of sp³-hybridized carbons (Fsp3) is 0.368. The predicted molar refractivity (Wildman–Crippen MR) is 94.4 cm³/mol. The summed E-state index contributed by atoms with van der Waals surface area (Å²) in [5, 5.41) is 3.27. The smallest absolute Gasteiger partial charge is 0.0483 e. The molecule has 1 aliphatic heterocycles. The highest BCUT2D eigenvalue weighted by molar-refractivity contribution is 5.82. The molecule has 0 amide bonds. The molecule has 0 atom stereocenters. The summed E-state index contributed by atoms with van der Waals surface area (Å²) in [4.78, 5) is 2.23. The summed E-state index contributed by atoms with van der Waals surface area (Å²) >= 11 is 0. The third-order valence-corrected chi connectivity index (χ3v) is 4.34. The van der Waals surface area contributed by atoms with Crippen LogP contribution in [0.15, 0.2) is 42.6 Å². The topological polar surface area (TPSA) is 20.2 Å². The molecule has 1 aliphatic rings. The van der Waals surface area contributed by atoms with Crippen LogP contribution in [0.4, 0.5) is 5.69 Å². The molecule has 0 radical (unpaired) electrons. The van der Waals surface area contributed by atoms with E-state index in [1.165, 1.54) is 28.1 Å². The van der Waals surface area contributed by atoms with E-state index in [0.717, 1.165) is 25.9 Å². The highest BCUT2D eigenvalue weighted by Gasteiger charge is 2.17. The number of aryl methyl sites for hydroxylation is 2. The minimum absolute atomic E-state index is 1.05. The van der Waals surface area contributed by atoms with Crippen molar-refractivity contribution in [2.45, 2.75) is 19.4 Å². The van der Waals surface area contributed by atoms with Gasteiger partial charge >= 0.3 is 0 Å². The van der Waals surface area contributed by atoms with Crippen LogP contribution >= 0.6 is 0 Å². The molecule has 0 fully saturated rings. The maximum Gasteiger partial charge on any atom is 0.0483 e. The zero-order valence-electron chi connectivity index (χ0n) is 13.8. The quantitative estimate of drug-likeness (QED) is 0.932. The molecule has 0 unspecified atom stereocenters. The van der Waals surface area contributed by atoms with Crippen molar-refractivity contribution in [1.82, 2.24) is 9.47 Å². The van der Waals surface area contributed by atoms with Gasteiger partial charge in [0, 0.05) is 43.3 Å². The van der Waals surface area contributed by atoms with Gasteiger partial charge < -0.3 is 14.8 Å². The van der Waals surface area contributed by atoms with Crippen molar-refractivity contribution in [2.75, 3.05) is 33.0 Å². The van der Waals surface area contributed by atoms with Crippen LogP contribution in [0.3, 0.4) is 0 Å². The maximum atomic E-state index is 3.27. The summed E-state index contributed by atoms with van der Waals surface area (Å²) in [6, 6.07) is 11.1. The van der Waals surface area contributed by atoms with Crippen molar-refractivity contribution in [3.05, 3.63) is 59.4 Å². The van der Waals surface area contributed by atoms with E-state index in [2.05, 4.69) is 71.5 Å². The predicted octanol–water partition coefficient (Wildman–Crippen LogP) is 3.47. The van der Waals surface area contributed by atoms with E-state index >= 15 is 0 Å². The number of nitrogens with zero attached hydrogens (tertiary/aromatic N) is 2. The first-order valence-corrected chi connectivity index (χ1v) is 8.00. The van der Waals surface area contributed by atoms with Crippen LogP contribution in [0, 0.1) is 0 Å². The Labute approximate surface area is 133 Å². The van der Waals surface area contributed by atoms with Crippen LogP contribution in [0.2, 0.25) is 0 Å². The molecule has 3 nitrogen and oxygen atoms in total. The van der Waals surface area contributed by atoms with Crippen molar-refractivity contribution in [3.8, 4) is 0 Å². The maximum absolute atomic E-state index is 3.27. The highest BCUT2D eigenvalue weighted by atomic mass is 15.0. The standard InChI is InChI=1S/C19H25N3/c1-20-16-9-8-15-10-13-22-12-5-7-19(22)17(18(15)14-16)6-4-11-21(2)3/h5-9,12,14,20H,4,10-11,13H2,1-3H3. The molecule has 1 aromatic carbocycles. The molecule has 0 saturated heterocycles. The summed E-state index contributed by atoms with van der Waals surface area (Å²) in [6.07, 6.45) is 6.75. The van der Waals surface area contributed by atoms with Gasteiger partial charge in [-0.05, 0) is 62.3 Å². The molecule has 0 aliphatic carbocycles. The van der Waals surface area contributed by atoms with Gasteiger partial charge in [-0.2, -0.15) is 0 Å². The van der Waals surface area contributed by atoms with Gasteiger partial charge in [0.1, 0.15) is 0 Å². The minimum atomic E-state index is 1.05. The summed E-state index contributed by atoms with van der Waals surface area (Å²) in [5.41, 5.74) is 6.71. The first kappa shape index (κ1) is 14.9. The molecule has 2 heterocycles. The van der Waals surface area contributed by atoms with E-state index in [9.17, 15) is 0 Å². The Hall–Kier alpha value is -2.00. The fourth-order valence-corrected chi connectivity index (χ4v) is 3.11. The summed E-state index contributed by atoms with van der Waals surface area (Å²) < 4.78 is 2.38. The first-order valence-electron chi connectivity index (χ1n) is 8.00. The molecule has 0 spiro atoms. The zero-order chi connectivity index (χ0) is 15.5. The van der Waals surface area contributed by atoms with Gasteiger partial charge in [-0.1, -0.05) is 12.1 Å². The Bertz CT molecular complexity index is 680. The van der Waals surface area contributed by atoms with Crippen LogP contribution in [0.1, 0.15) is 23.2 Å². The SMILES string of the molecule is CNc1ccc2c(c1)C(=CCCN(C)C)c1cccn1CC2. The van der Waals surface area contributed by atoms with Gasteiger partial charge in [-0.3, -0.25) is 0 Å². The fourth-order valence-electron chi connectivity index (χ4n) is 3.11. The monoisotopic (exact) mass is 295 g/mol. The second-order valence-electron chi connectivity index (χ2n) is 6.17. The summed E-state index contributed by atoms with van der Waals surface area (Å²) in [5.74, 6) is 0. The molecule has 22 heavy (non-hydrogen) atoms. The third-order valence-electron chi connectivity index (χ3n) is 4.34. The lowest BCUT2D eigenvalue weighted by molar-refractivity contribution is 0.417. The van der Waals surface area contributed by atoms with Gasteiger partial charge in [0.15, 0.2) is 0 Å². The average Bonchev–Trinajstić information content (AvgIpc) is 2.92. The number of rotatable bonds is 4. The highest BCUT2D eigenvalue weighted by Crippen LogP contribution is 2.32. The average molecular weight is 295 g/mol. The van der Waals surface area contributed by atoms with Crippen molar-refractivity contribution in [2.24, 2.45) is 0 Å². The van der Waals surface area contributed by atoms with Gasteiger partial charge in [0.2, 0.25) is 0 Å². The Morgan fingerprint density at radius 3 is 2.91 bits per heavy atom. The Morgan fingerprint density at radius 2 is 2.14 bits per heavy atom. The molecular formula is C19H25N3. The lowest BCUT2D eigenvalue weighted by atomic mass is 9.95. The van der Waals surface area contributed by atoms with E-state index in [0.29, 0.717) is 0 Å². The largest absolute Gasteiger partial charge is 0.388 e.